The van der Waals surface area contributed by atoms with Crippen molar-refractivity contribution in [3.8, 4) is 0 Å². The van der Waals surface area contributed by atoms with Gasteiger partial charge in [-0.05, 0) is 49.5 Å². The van der Waals surface area contributed by atoms with E-state index in [9.17, 15) is 18.0 Å². The quantitative estimate of drug-likeness (QED) is 0.742. The third kappa shape index (κ3) is 4.06. The lowest BCUT2D eigenvalue weighted by atomic mass is 10.1. The molecule has 0 saturated carbocycles. The number of hydrogen-bond donors (Lipinski definition) is 3. The van der Waals surface area contributed by atoms with Crippen molar-refractivity contribution in [3.05, 3.63) is 48.0 Å². The van der Waals surface area contributed by atoms with Crippen LogP contribution in [0, 0.1) is 0 Å². The number of benzene rings is 2. The summed E-state index contributed by atoms with van der Waals surface area (Å²) in [5.41, 5.74) is 1.50. The summed E-state index contributed by atoms with van der Waals surface area (Å²) in [5.74, 6) is 0.280. The van der Waals surface area contributed by atoms with Gasteiger partial charge in [-0.2, -0.15) is 0 Å². The van der Waals surface area contributed by atoms with Gasteiger partial charge in [-0.25, -0.2) is 13.1 Å². The molecule has 0 bridgehead atoms. The Kier molecular flexibility index (Phi) is 5.30. The number of nitrogens with one attached hydrogen (secondary N) is 3. The molecule has 7 nitrogen and oxygen atoms in total. The number of amides is 2. The van der Waals surface area contributed by atoms with Crippen LogP contribution in [0.3, 0.4) is 0 Å². The fraction of sp³-hybridized carbons (Fsp3) is 0.176. The lowest BCUT2D eigenvalue weighted by Gasteiger charge is -2.10. The Hall–Kier alpha value is -2.36. The third-order valence-corrected chi connectivity index (χ3v) is 6.30. The van der Waals surface area contributed by atoms with Gasteiger partial charge in [0.15, 0.2) is 0 Å². The van der Waals surface area contributed by atoms with E-state index in [-0.39, 0.29) is 16.7 Å². The van der Waals surface area contributed by atoms with Gasteiger partial charge >= 0.3 is 0 Å². The molecule has 1 aliphatic rings. The lowest BCUT2D eigenvalue weighted by molar-refractivity contribution is -0.115. The van der Waals surface area contributed by atoms with Gasteiger partial charge in [0.1, 0.15) is 0 Å². The van der Waals surface area contributed by atoms with Crippen molar-refractivity contribution in [2.75, 3.05) is 23.4 Å². The molecule has 0 spiro atoms. The summed E-state index contributed by atoms with van der Waals surface area (Å²) < 4.78 is 25.7. The molecule has 3 rings (SSSR count). The van der Waals surface area contributed by atoms with Crippen LogP contribution >= 0.6 is 11.8 Å². The first kappa shape index (κ1) is 18.4. The fourth-order valence-corrected chi connectivity index (χ4v) is 4.07. The average molecular weight is 391 g/mol. The first-order valence-corrected chi connectivity index (χ1v) is 10.3. The number of carbonyl (C=O) groups is 2. The van der Waals surface area contributed by atoms with Gasteiger partial charge in [0.2, 0.25) is 15.9 Å². The van der Waals surface area contributed by atoms with Crippen LogP contribution in [-0.4, -0.2) is 33.0 Å². The minimum absolute atomic E-state index is 0.0739. The molecule has 0 atom stereocenters. The molecule has 1 heterocycles. The molecule has 0 unspecified atom stereocenters. The zero-order valence-electron chi connectivity index (χ0n) is 13.9. The van der Waals surface area contributed by atoms with E-state index in [0.29, 0.717) is 29.1 Å². The fourth-order valence-electron chi connectivity index (χ4n) is 2.40. The average Bonchev–Trinajstić information content (AvgIpc) is 2.82. The molecule has 0 aliphatic carbocycles. The molecule has 0 fully saturated rings. The van der Waals surface area contributed by atoms with Gasteiger partial charge in [-0.15, -0.1) is 11.8 Å². The highest BCUT2D eigenvalue weighted by Crippen LogP contribution is 2.31. The Morgan fingerprint density at radius 3 is 2.58 bits per heavy atom. The summed E-state index contributed by atoms with van der Waals surface area (Å²) >= 11 is 1.57. The van der Waals surface area contributed by atoms with Gasteiger partial charge in [-0.3, -0.25) is 9.59 Å². The molecule has 136 valence electrons. The molecule has 2 amide bonds. The van der Waals surface area contributed by atoms with Gasteiger partial charge in [-0.1, -0.05) is 0 Å². The van der Waals surface area contributed by atoms with Crippen molar-refractivity contribution in [1.82, 2.24) is 4.72 Å². The van der Waals surface area contributed by atoms with E-state index in [1.54, 1.807) is 23.9 Å². The topological polar surface area (TPSA) is 104 Å². The summed E-state index contributed by atoms with van der Waals surface area (Å²) in [6, 6.07) is 11.0. The van der Waals surface area contributed by atoms with E-state index in [2.05, 4.69) is 15.4 Å². The van der Waals surface area contributed by atoms with Crippen LogP contribution in [0.5, 0.6) is 0 Å². The smallest absolute Gasteiger partial charge is 0.255 e. The molecule has 9 heteroatoms. The van der Waals surface area contributed by atoms with Crippen molar-refractivity contribution in [3.63, 3.8) is 0 Å². The third-order valence-electron chi connectivity index (χ3n) is 3.79. The predicted octanol–water partition coefficient (Wildman–Crippen LogP) is 2.28. The predicted molar refractivity (Wildman–Crippen MR) is 101 cm³/mol. The van der Waals surface area contributed by atoms with E-state index in [1.807, 2.05) is 6.07 Å². The second kappa shape index (κ2) is 7.48. The molecular formula is C17H17N3O4S2. The van der Waals surface area contributed by atoms with Crippen LogP contribution in [0.15, 0.2) is 52.3 Å². The largest absolute Gasteiger partial charge is 0.325 e. The number of carbonyl (C=O) groups excluding carboxylic acids is 2. The van der Waals surface area contributed by atoms with Crippen LogP contribution in [-0.2, 0) is 14.8 Å². The SMILES string of the molecule is CNS(=O)(=O)c1ccc(NC(=O)c2ccc3c(c2)NC(=O)CCS3)cc1. The second-order valence-corrected chi connectivity index (χ2v) is 8.57. The highest BCUT2D eigenvalue weighted by molar-refractivity contribution is 7.99. The summed E-state index contributed by atoms with van der Waals surface area (Å²) in [6.07, 6.45) is 0.433. The summed E-state index contributed by atoms with van der Waals surface area (Å²) in [7, 11) is -2.19. The van der Waals surface area contributed by atoms with E-state index in [1.165, 1.54) is 31.3 Å². The van der Waals surface area contributed by atoms with Gasteiger partial charge in [0, 0.05) is 28.3 Å². The zero-order valence-corrected chi connectivity index (χ0v) is 15.5. The van der Waals surface area contributed by atoms with Crippen molar-refractivity contribution < 1.29 is 18.0 Å². The van der Waals surface area contributed by atoms with Gasteiger partial charge in [0.25, 0.3) is 5.91 Å². The highest BCUT2D eigenvalue weighted by atomic mass is 32.2. The Balaban J connectivity index is 1.77. The van der Waals surface area contributed by atoms with E-state index >= 15 is 0 Å². The Morgan fingerprint density at radius 2 is 1.88 bits per heavy atom. The molecule has 0 aromatic heterocycles. The molecule has 0 saturated heterocycles. The monoisotopic (exact) mass is 391 g/mol. The zero-order chi connectivity index (χ0) is 18.7. The Labute approximate surface area is 155 Å². The van der Waals surface area contributed by atoms with Gasteiger partial charge < -0.3 is 10.6 Å². The number of fused-ring (bicyclic) bond motifs is 1. The summed E-state index contributed by atoms with van der Waals surface area (Å²) in [6.45, 7) is 0. The molecule has 1 aliphatic heterocycles. The highest BCUT2D eigenvalue weighted by Gasteiger charge is 2.16. The Bertz CT molecular complexity index is 956. The molecule has 2 aromatic carbocycles. The first-order valence-electron chi connectivity index (χ1n) is 7.81. The Morgan fingerprint density at radius 1 is 1.15 bits per heavy atom. The van der Waals surface area contributed by atoms with Crippen LogP contribution in [0.1, 0.15) is 16.8 Å². The number of sulfonamides is 1. The van der Waals surface area contributed by atoms with Crippen molar-refractivity contribution in [2.45, 2.75) is 16.2 Å². The maximum Gasteiger partial charge on any atom is 0.255 e. The normalized spacial score (nSPS) is 14.1. The number of rotatable bonds is 4. The minimum atomic E-state index is -3.52. The van der Waals surface area contributed by atoms with Crippen LogP contribution in [0.25, 0.3) is 0 Å². The van der Waals surface area contributed by atoms with Gasteiger partial charge in [0.05, 0.1) is 10.6 Å². The standard InChI is InChI=1S/C17H17N3O4S2/c1-18-26(23,24)13-5-3-12(4-6-13)19-17(22)11-2-7-15-14(10-11)20-16(21)8-9-25-15/h2-7,10,18H,8-9H2,1H3,(H,19,22)(H,20,21). The number of anilines is 2. The van der Waals surface area contributed by atoms with E-state index in [0.717, 1.165) is 4.90 Å². The maximum absolute atomic E-state index is 12.4. The molecule has 0 radical (unpaired) electrons. The first-order chi connectivity index (χ1) is 12.4. The van der Waals surface area contributed by atoms with Crippen LogP contribution in [0.4, 0.5) is 11.4 Å². The molecule has 3 N–H and O–H groups in total. The van der Waals surface area contributed by atoms with Crippen LogP contribution in [0.2, 0.25) is 0 Å². The van der Waals surface area contributed by atoms with Crippen molar-refractivity contribution in [2.24, 2.45) is 0 Å². The summed E-state index contributed by atoms with van der Waals surface area (Å²) in [4.78, 5) is 25.2. The van der Waals surface area contributed by atoms with Crippen molar-refractivity contribution >= 4 is 45.0 Å². The van der Waals surface area contributed by atoms with Crippen molar-refractivity contribution in [1.29, 1.82) is 0 Å². The number of thioether (sulfide) groups is 1. The maximum atomic E-state index is 12.4. The van der Waals surface area contributed by atoms with Crippen LogP contribution < -0.4 is 15.4 Å². The molecule has 26 heavy (non-hydrogen) atoms. The lowest BCUT2D eigenvalue weighted by Crippen LogP contribution is -2.18. The molecule has 2 aromatic rings. The van der Waals surface area contributed by atoms with E-state index in [4.69, 9.17) is 0 Å². The minimum Gasteiger partial charge on any atom is -0.325 e. The van der Waals surface area contributed by atoms with E-state index < -0.39 is 10.0 Å². The second-order valence-electron chi connectivity index (χ2n) is 5.54. The number of hydrogen-bond acceptors (Lipinski definition) is 5. The molecular weight excluding hydrogens is 374 g/mol. The summed E-state index contributed by atoms with van der Waals surface area (Å²) in [5, 5.41) is 5.51.